The number of nitrogens with zero attached hydrogens (tertiary/aromatic N) is 4. The number of hydrogen-bond donors (Lipinski definition) is 5. The van der Waals surface area contributed by atoms with Gasteiger partial charge in [-0.25, -0.2) is 19.1 Å². The van der Waals surface area contributed by atoms with E-state index in [0.29, 0.717) is 17.8 Å². The van der Waals surface area contributed by atoms with E-state index in [1.165, 1.54) is 17.2 Å². The van der Waals surface area contributed by atoms with Crippen molar-refractivity contribution >= 4 is 39.3 Å². The van der Waals surface area contributed by atoms with Gasteiger partial charge in [0, 0.05) is 0 Å². The molecule has 17 nitrogen and oxygen atoms in total. The molecule has 18 heteroatoms. The number of aromatic nitrogens is 4. The van der Waals surface area contributed by atoms with Crippen LogP contribution in [-0.4, -0.2) is 98.7 Å². The number of fused-ring (bicyclic) bond motifs is 1. The molecule has 1 aliphatic heterocycles. The Balaban J connectivity index is 1.74. The molecular weight excluding hydrogens is 590 g/mol. The van der Waals surface area contributed by atoms with Crippen molar-refractivity contribution < 1.29 is 46.1 Å². The molecule has 43 heavy (non-hydrogen) atoms. The maximum Gasteiger partial charge on any atom is 0.397 e. The van der Waals surface area contributed by atoms with E-state index in [-0.39, 0.29) is 23.5 Å². The van der Waals surface area contributed by atoms with Crippen molar-refractivity contribution in [2.75, 3.05) is 11.9 Å². The number of rotatable bonds is 12. The second-order valence-corrected chi connectivity index (χ2v) is 12.5. The Kier molecular flexibility index (Phi) is 10.2. The lowest BCUT2D eigenvalue weighted by Crippen LogP contribution is -2.48. The van der Waals surface area contributed by atoms with E-state index in [1.54, 1.807) is 27.7 Å². The summed E-state index contributed by atoms with van der Waals surface area (Å²) in [6, 6.07) is -2.37. The van der Waals surface area contributed by atoms with Gasteiger partial charge in [-0.2, -0.15) is 8.42 Å². The maximum absolute atomic E-state index is 13.1. The molecule has 8 atom stereocenters. The van der Waals surface area contributed by atoms with Gasteiger partial charge in [0.15, 0.2) is 35.4 Å². The van der Waals surface area contributed by atoms with Crippen LogP contribution in [0.5, 0.6) is 0 Å². The third-order valence-corrected chi connectivity index (χ3v) is 8.02. The van der Waals surface area contributed by atoms with E-state index >= 15 is 0 Å². The van der Waals surface area contributed by atoms with Crippen LogP contribution in [0.1, 0.15) is 53.2 Å². The number of ether oxygens (including phenoxy) is 3. The molecule has 3 heterocycles. The van der Waals surface area contributed by atoms with Gasteiger partial charge in [0.25, 0.3) is 0 Å². The van der Waals surface area contributed by atoms with Crippen molar-refractivity contribution in [2.24, 2.45) is 23.3 Å². The first-order valence-electron chi connectivity index (χ1n) is 14.0. The summed E-state index contributed by atoms with van der Waals surface area (Å²) >= 11 is 0. The summed E-state index contributed by atoms with van der Waals surface area (Å²) in [6.45, 7) is 6.03. The van der Waals surface area contributed by atoms with Gasteiger partial charge in [-0.3, -0.25) is 18.7 Å². The molecule has 0 unspecified atom stereocenters. The lowest BCUT2D eigenvalue weighted by Gasteiger charge is -2.27. The molecule has 2 fully saturated rings. The maximum atomic E-state index is 13.1. The number of carbonyl (C=O) groups is 2. The van der Waals surface area contributed by atoms with Gasteiger partial charge in [0.1, 0.15) is 24.5 Å². The van der Waals surface area contributed by atoms with Crippen LogP contribution in [0.3, 0.4) is 0 Å². The highest BCUT2D eigenvalue weighted by atomic mass is 32.3. The SMILES string of the molecule is CC(C)[C@H](N)C(=O)O[C@@H]1[C@H](OC(=O)[C@@H](N)C(C)C)[C@@H](COS(=O)(=O)O)O[C@H]1n1cnc2c(N[C@H]3CCC[C@@H]3O)ncnc21. The quantitative estimate of drug-likeness (QED) is 0.149. The monoisotopic (exact) mass is 629 g/mol. The summed E-state index contributed by atoms with van der Waals surface area (Å²) < 4.78 is 55.5. The molecule has 1 saturated heterocycles. The van der Waals surface area contributed by atoms with Crippen LogP contribution in [0.25, 0.3) is 11.2 Å². The summed E-state index contributed by atoms with van der Waals surface area (Å²) in [5, 5.41) is 13.5. The highest BCUT2D eigenvalue weighted by Crippen LogP contribution is 2.37. The average molecular weight is 630 g/mol. The van der Waals surface area contributed by atoms with Gasteiger partial charge in [0.2, 0.25) is 0 Å². The molecule has 1 aliphatic carbocycles. The Morgan fingerprint density at radius 2 is 1.70 bits per heavy atom. The first-order chi connectivity index (χ1) is 20.2. The minimum atomic E-state index is -4.93. The first kappa shape index (κ1) is 32.9. The molecule has 7 N–H and O–H groups in total. The molecule has 0 aromatic carbocycles. The predicted octanol–water partition coefficient (Wildman–Crippen LogP) is -0.341. The smallest absolute Gasteiger partial charge is 0.397 e. The molecule has 0 amide bonds. The molecule has 2 aromatic heterocycles. The minimum absolute atomic E-state index is 0.226. The number of nitrogens with one attached hydrogen (secondary N) is 1. The van der Waals surface area contributed by atoms with Crippen LogP contribution in [0, 0.1) is 11.8 Å². The molecule has 4 rings (SSSR count). The van der Waals surface area contributed by atoms with Crippen molar-refractivity contribution in [1.29, 1.82) is 0 Å². The number of nitrogens with two attached hydrogens (primary N) is 2. The number of hydrogen-bond acceptors (Lipinski definition) is 15. The first-order valence-corrected chi connectivity index (χ1v) is 15.4. The number of esters is 2. The molecule has 2 aromatic rings. The summed E-state index contributed by atoms with van der Waals surface area (Å²) in [7, 11) is -4.93. The summed E-state index contributed by atoms with van der Waals surface area (Å²) in [5.74, 6) is -2.00. The third kappa shape index (κ3) is 7.57. The van der Waals surface area contributed by atoms with E-state index in [4.69, 9.17) is 25.7 Å². The summed E-state index contributed by atoms with van der Waals surface area (Å²) in [4.78, 5) is 39.0. The van der Waals surface area contributed by atoms with Crippen molar-refractivity contribution in [3.05, 3.63) is 12.7 Å². The second-order valence-electron chi connectivity index (χ2n) is 11.4. The number of aliphatic hydroxyl groups excluding tert-OH is 1. The standard InChI is InChI=1S/C25H39N7O10S/c1-11(2)16(26)24(34)41-19-15(8-39-43(36,37)38)40-23(20(19)42-25(35)17(27)12(3)4)32-10-30-18-21(28-9-29-22(18)32)31-13-6-5-7-14(13)33/h9-17,19-20,23,33H,5-8,26-27H2,1-4H3,(H,28,29,31)(H,36,37,38)/t13-,14-,15+,16-,17-,19+,20+,23+/m0/s1. The second kappa shape index (κ2) is 13.3. The van der Waals surface area contributed by atoms with Crippen molar-refractivity contribution in [2.45, 2.75) is 95.7 Å². The zero-order valence-corrected chi connectivity index (χ0v) is 25.1. The molecular formula is C25H39N7O10S. The van der Waals surface area contributed by atoms with Crippen molar-refractivity contribution in [1.82, 2.24) is 19.5 Å². The topological polar surface area (TPSA) is 253 Å². The lowest BCUT2D eigenvalue weighted by atomic mass is 10.0. The van der Waals surface area contributed by atoms with Gasteiger partial charge >= 0.3 is 22.3 Å². The van der Waals surface area contributed by atoms with Crippen LogP contribution in [-0.2, 0) is 38.4 Å². The Labute approximate surface area is 248 Å². The highest BCUT2D eigenvalue weighted by molar-refractivity contribution is 7.80. The number of aliphatic hydroxyl groups is 1. The van der Waals surface area contributed by atoms with Crippen molar-refractivity contribution in [3.8, 4) is 0 Å². The molecule has 2 aliphatic rings. The molecule has 0 radical (unpaired) electrons. The fourth-order valence-electron chi connectivity index (χ4n) is 4.88. The van der Waals surface area contributed by atoms with E-state index < -0.39 is 71.7 Å². The van der Waals surface area contributed by atoms with Gasteiger partial charge < -0.3 is 36.1 Å². The Hall–Kier alpha value is -3.00. The third-order valence-electron chi connectivity index (χ3n) is 7.59. The van der Waals surface area contributed by atoms with Crippen LogP contribution in [0.2, 0.25) is 0 Å². The van der Waals surface area contributed by atoms with Crippen LogP contribution in [0.4, 0.5) is 5.82 Å². The fourth-order valence-corrected chi connectivity index (χ4v) is 5.19. The Bertz CT molecular complexity index is 1400. The van der Waals surface area contributed by atoms with Gasteiger partial charge in [0.05, 0.1) is 25.1 Å². The molecule has 1 saturated carbocycles. The van der Waals surface area contributed by atoms with Gasteiger partial charge in [-0.05, 0) is 31.1 Å². The van der Waals surface area contributed by atoms with Gasteiger partial charge in [-0.1, -0.05) is 27.7 Å². The van der Waals surface area contributed by atoms with Crippen molar-refractivity contribution in [3.63, 3.8) is 0 Å². The highest BCUT2D eigenvalue weighted by Gasteiger charge is 2.52. The normalized spacial score (nSPS) is 27.5. The molecule has 0 spiro atoms. The molecule has 240 valence electrons. The minimum Gasteiger partial charge on any atom is -0.454 e. The van der Waals surface area contributed by atoms with E-state index in [1.807, 2.05) is 0 Å². The van der Waals surface area contributed by atoms with Gasteiger partial charge in [-0.15, -0.1) is 0 Å². The van der Waals surface area contributed by atoms with Crippen LogP contribution >= 0.6 is 0 Å². The fraction of sp³-hybridized carbons (Fsp3) is 0.720. The number of carbonyl (C=O) groups excluding carboxylic acids is 2. The zero-order valence-electron chi connectivity index (χ0n) is 24.3. The lowest BCUT2D eigenvalue weighted by molar-refractivity contribution is -0.171. The average Bonchev–Trinajstić information content (AvgIpc) is 3.64. The zero-order chi connectivity index (χ0) is 31.6. The van der Waals surface area contributed by atoms with E-state index in [0.717, 1.165) is 12.8 Å². The van der Waals surface area contributed by atoms with E-state index in [2.05, 4.69) is 24.5 Å². The largest absolute Gasteiger partial charge is 0.454 e. The summed E-state index contributed by atoms with van der Waals surface area (Å²) in [6.07, 6.45) is -1.23. The Morgan fingerprint density at radius 1 is 1.07 bits per heavy atom. The Morgan fingerprint density at radius 3 is 2.26 bits per heavy atom. The van der Waals surface area contributed by atoms with Crippen LogP contribution in [0.15, 0.2) is 12.7 Å². The predicted molar refractivity (Wildman–Crippen MR) is 149 cm³/mol. The summed E-state index contributed by atoms with van der Waals surface area (Å²) in [5.41, 5.74) is 12.6. The van der Waals surface area contributed by atoms with E-state index in [9.17, 15) is 27.7 Å². The number of imidazole rings is 1. The molecule has 0 bridgehead atoms. The number of anilines is 1. The van der Waals surface area contributed by atoms with Crippen LogP contribution < -0.4 is 16.8 Å².